The van der Waals surface area contributed by atoms with Crippen LogP contribution < -0.4 is 5.73 Å². The van der Waals surface area contributed by atoms with Crippen molar-refractivity contribution in [1.82, 2.24) is 9.88 Å². The van der Waals surface area contributed by atoms with Crippen molar-refractivity contribution in [2.24, 2.45) is 5.73 Å². The highest BCUT2D eigenvalue weighted by Gasteiger charge is 2.19. The van der Waals surface area contributed by atoms with Gasteiger partial charge in [-0.1, -0.05) is 13.0 Å². The van der Waals surface area contributed by atoms with E-state index in [1.54, 1.807) is 0 Å². The molecule has 2 N–H and O–H groups in total. The van der Waals surface area contributed by atoms with Gasteiger partial charge in [-0.3, -0.25) is 9.88 Å². The summed E-state index contributed by atoms with van der Waals surface area (Å²) in [7, 11) is 0. The quantitative estimate of drug-likeness (QED) is 0.887. The van der Waals surface area contributed by atoms with E-state index in [2.05, 4.69) is 40.7 Å². The van der Waals surface area contributed by atoms with Gasteiger partial charge in [0.1, 0.15) is 0 Å². The molecular weight excluding hydrogens is 230 g/mol. The zero-order valence-corrected chi connectivity index (χ0v) is 11.2. The molecule has 1 aromatic heterocycles. The molecule has 1 saturated heterocycles. The largest absolute Gasteiger partial charge is 0.325 e. The number of thioether (sulfide) groups is 1. The molecule has 0 bridgehead atoms. The van der Waals surface area contributed by atoms with Crippen molar-refractivity contribution in [1.29, 1.82) is 0 Å². The predicted octanol–water partition coefficient (Wildman–Crippen LogP) is 1.87. The van der Waals surface area contributed by atoms with Gasteiger partial charge in [0.15, 0.2) is 0 Å². The predicted molar refractivity (Wildman–Crippen MR) is 73.9 cm³/mol. The first-order valence-electron chi connectivity index (χ1n) is 6.30. The normalized spacial score (nSPS) is 21.6. The van der Waals surface area contributed by atoms with Crippen molar-refractivity contribution >= 4 is 11.8 Å². The van der Waals surface area contributed by atoms with E-state index < -0.39 is 0 Å². The molecular formula is C13H21N3S. The highest BCUT2D eigenvalue weighted by Crippen LogP contribution is 2.22. The lowest BCUT2D eigenvalue weighted by Crippen LogP contribution is -2.37. The second-order valence-corrected chi connectivity index (χ2v) is 5.87. The molecule has 0 aliphatic carbocycles. The van der Waals surface area contributed by atoms with Gasteiger partial charge in [0.25, 0.3) is 0 Å². The maximum Gasteiger partial charge on any atom is 0.0547 e. The Morgan fingerprint density at radius 3 is 3.06 bits per heavy atom. The van der Waals surface area contributed by atoms with E-state index in [0.29, 0.717) is 6.54 Å². The van der Waals surface area contributed by atoms with Crippen LogP contribution in [0.4, 0.5) is 0 Å². The fraction of sp³-hybridized carbons (Fsp3) is 0.615. The maximum absolute atomic E-state index is 5.62. The molecule has 0 amide bonds. The lowest BCUT2D eigenvalue weighted by atomic mass is 10.2. The van der Waals surface area contributed by atoms with Crippen molar-refractivity contribution < 1.29 is 0 Å². The van der Waals surface area contributed by atoms with Crippen LogP contribution in [0.15, 0.2) is 18.2 Å². The molecule has 17 heavy (non-hydrogen) atoms. The molecule has 1 fully saturated rings. The van der Waals surface area contributed by atoms with Gasteiger partial charge >= 0.3 is 0 Å². The van der Waals surface area contributed by atoms with Crippen molar-refractivity contribution in [3.05, 3.63) is 29.6 Å². The lowest BCUT2D eigenvalue weighted by Gasteiger charge is -2.31. The summed E-state index contributed by atoms with van der Waals surface area (Å²) >= 11 is 2.10. The Bertz CT molecular complexity index is 356. The minimum Gasteiger partial charge on any atom is -0.325 e. The van der Waals surface area contributed by atoms with Crippen molar-refractivity contribution in [2.45, 2.75) is 31.7 Å². The van der Waals surface area contributed by atoms with Gasteiger partial charge in [-0.15, -0.1) is 0 Å². The number of nitrogens with zero attached hydrogens (tertiary/aromatic N) is 2. The van der Waals surface area contributed by atoms with Crippen LogP contribution in [0.1, 0.15) is 24.7 Å². The molecule has 0 saturated carbocycles. The van der Waals surface area contributed by atoms with Crippen LogP contribution in [0, 0.1) is 0 Å². The number of hydrogen-bond acceptors (Lipinski definition) is 4. The molecule has 1 atom stereocenters. The Labute approximate surface area is 108 Å². The Balaban J connectivity index is 1.95. The van der Waals surface area contributed by atoms with E-state index in [1.165, 1.54) is 25.3 Å². The van der Waals surface area contributed by atoms with Crippen LogP contribution in [-0.2, 0) is 13.1 Å². The van der Waals surface area contributed by atoms with Crippen molar-refractivity contribution in [3.63, 3.8) is 0 Å². The zero-order chi connectivity index (χ0) is 12.1. The van der Waals surface area contributed by atoms with Crippen molar-refractivity contribution in [3.8, 4) is 0 Å². The number of nitrogens with two attached hydrogens (primary N) is 1. The minimum atomic E-state index is 0.529. The topological polar surface area (TPSA) is 42.1 Å². The molecule has 94 valence electrons. The summed E-state index contributed by atoms with van der Waals surface area (Å²) in [4.78, 5) is 7.07. The van der Waals surface area contributed by atoms with Crippen LogP contribution in [0.5, 0.6) is 0 Å². The van der Waals surface area contributed by atoms with Gasteiger partial charge in [-0.2, -0.15) is 11.8 Å². The Kier molecular flexibility index (Phi) is 4.83. The second-order valence-electron chi connectivity index (χ2n) is 4.46. The van der Waals surface area contributed by atoms with Crippen LogP contribution in [-0.4, -0.2) is 34.0 Å². The third-order valence-electron chi connectivity index (χ3n) is 3.14. The summed E-state index contributed by atoms with van der Waals surface area (Å²) < 4.78 is 0. The lowest BCUT2D eigenvalue weighted by molar-refractivity contribution is 0.270. The minimum absolute atomic E-state index is 0.529. The third kappa shape index (κ3) is 3.69. The molecule has 3 nitrogen and oxygen atoms in total. The summed E-state index contributed by atoms with van der Waals surface area (Å²) in [6.45, 7) is 6.13. The van der Waals surface area contributed by atoms with E-state index in [-0.39, 0.29) is 0 Å². The average molecular weight is 251 g/mol. The number of pyridine rings is 1. The van der Waals surface area contributed by atoms with Crippen LogP contribution in [0.25, 0.3) is 0 Å². The molecule has 0 aromatic carbocycles. The average Bonchev–Trinajstić information content (AvgIpc) is 2.39. The van der Waals surface area contributed by atoms with Crippen molar-refractivity contribution in [2.75, 3.05) is 18.8 Å². The highest BCUT2D eigenvalue weighted by atomic mass is 32.2. The molecule has 0 radical (unpaired) electrons. The van der Waals surface area contributed by atoms with E-state index in [4.69, 9.17) is 5.73 Å². The van der Waals surface area contributed by atoms with E-state index >= 15 is 0 Å². The first-order valence-corrected chi connectivity index (χ1v) is 7.35. The van der Waals surface area contributed by atoms with Gasteiger partial charge in [-0.25, -0.2) is 0 Å². The SMILES string of the molecule is CCC1CN(Cc2cccc(CN)n2)CCS1. The molecule has 2 heterocycles. The Hall–Kier alpha value is -0.580. The van der Waals surface area contributed by atoms with Gasteiger partial charge in [0.05, 0.1) is 11.4 Å². The molecule has 0 spiro atoms. The van der Waals surface area contributed by atoms with E-state index in [9.17, 15) is 0 Å². The highest BCUT2D eigenvalue weighted by molar-refractivity contribution is 8.00. The monoisotopic (exact) mass is 251 g/mol. The zero-order valence-electron chi connectivity index (χ0n) is 10.4. The smallest absolute Gasteiger partial charge is 0.0547 e. The van der Waals surface area contributed by atoms with Gasteiger partial charge in [-0.05, 0) is 18.6 Å². The Morgan fingerprint density at radius 2 is 2.29 bits per heavy atom. The van der Waals surface area contributed by atoms with Crippen LogP contribution >= 0.6 is 11.8 Å². The molecule has 4 heteroatoms. The van der Waals surface area contributed by atoms with Gasteiger partial charge in [0.2, 0.25) is 0 Å². The van der Waals surface area contributed by atoms with Gasteiger partial charge < -0.3 is 5.73 Å². The summed E-state index contributed by atoms with van der Waals surface area (Å²) in [6, 6.07) is 6.15. The summed E-state index contributed by atoms with van der Waals surface area (Å²) in [5.41, 5.74) is 7.75. The summed E-state index contributed by atoms with van der Waals surface area (Å²) in [5, 5.41) is 0.793. The van der Waals surface area contributed by atoms with E-state index in [0.717, 1.165) is 23.2 Å². The van der Waals surface area contributed by atoms with Gasteiger partial charge in [0, 0.05) is 37.2 Å². The van der Waals surface area contributed by atoms with E-state index in [1.807, 2.05) is 6.07 Å². The summed E-state index contributed by atoms with van der Waals surface area (Å²) in [5.74, 6) is 1.25. The fourth-order valence-electron chi connectivity index (χ4n) is 2.13. The summed E-state index contributed by atoms with van der Waals surface area (Å²) in [6.07, 6.45) is 1.26. The first kappa shape index (κ1) is 12.9. The maximum atomic E-state index is 5.62. The second kappa shape index (κ2) is 6.38. The Morgan fingerprint density at radius 1 is 1.47 bits per heavy atom. The molecule has 2 rings (SSSR count). The standard InChI is InChI=1S/C13H21N3S/c1-2-13-10-16(6-7-17-13)9-12-5-3-4-11(8-14)15-12/h3-5,13H,2,6-10,14H2,1H3. The first-order chi connectivity index (χ1) is 8.31. The number of rotatable bonds is 4. The van der Waals surface area contributed by atoms with Crippen LogP contribution in [0.3, 0.4) is 0 Å². The third-order valence-corrected chi connectivity index (χ3v) is 4.51. The molecule has 1 aliphatic heterocycles. The fourth-order valence-corrected chi connectivity index (χ4v) is 3.38. The molecule has 1 unspecified atom stereocenters. The number of hydrogen-bond donors (Lipinski definition) is 1. The molecule has 1 aromatic rings. The molecule has 1 aliphatic rings. The van der Waals surface area contributed by atoms with Crippen LogP contribution in [0.2, 0.25) is 0 Å². The number of aromatic nitrogens is 1.